The Balaban J connectivity index is 2.67. The van der Waals surface area contributed by atoms with Gasteiger partial charge >= 0.3 is 5.76 Å². The number of nitrogens with zero attached hydrogens (tertiary/aromatic N) is 1. The second kappa shape index (κ2) is 6.06. The van der Waals surface area contributed by atoms with Gasteiger partial charge in [-0.3, -0.25) is 4.57 Å². The third kappa shape index (κ3) is 3.01. The van der Waals surface area contributed by atoms with Crippen molar-refractivity contribution in [2.45, 2.75) is 38.6 Å². The van der Waals surface area contributed by atoms with Crippen LogP contribution in [-0.2, 0) is 0 Å². The van der Waals surface area contributed by atoms with Crippen molar-refractivity contribution in [3.05, 3.63) is 23.0 Å². The van der Waals surface area contributed by atoms with E-state index < -0.39 is 0 Å². The number of hydrogen-bond donors (Lipinski definition) is 0. The van der Waals surface area contributed by atoms with Gasteiger partial charge in [0.15, 0.2) is 0 Å². The fourth-order valence-electron chi connectivity index (χ4n) is 1.53. The highest BCUT2D eigenvalue weighted by Gasteiger charge is 2.12. The molecule has 0 aromatic carbocycles. The van der Waals surface area contributed by atoms with Crippen LogP contribution in [0.2, 0.25) is 0 Å². The second-order valence-electron chi connectivity index (χ2n) is 3.35. The quantitative estimate of drug-likeness (QED) is 0.739. The molecule has 0 spiro atoms. The first-order valence-electron chi connectivity index (χ1n) is 5.01. The van der Waals surface area contributed by atoms with Gasteiger partial charge in [0.05, 0.1) is 0 Å². The second-order valence-corrected chi connectivity index (χ2v) is 4.14. The van der Waals surface area contributed by atoms with Gasteiger partial charge in [0.1, 0.15) is 6.26 Å². The summed E-state index contributed by atoms with van der Waals surface area (Å²) in [7, 11) is 0. The number of rotatable bonds is 6. The smallest absolute Gasteiger partial charge is 0.416 e. The van der Waals surface area contributed by atoms with E-state index in [0.29, 0.717) is 0 Å². The zero-order valence-corrected chi connectivity index (χ0v) is 10.00. The Bertz CT molecular complexity index is 305. The number of hydrogen-bond acceptors (Lipinski definition) is 2. The molecule has 3 nitrogen and oxygen atoms in total. The van der Waals surface area contributed by atoms with E-state index in [1.807, 2.05) is 0 Å². The summed E-state index contributed by atoms with van der Waals surface area (Å²) < 4.78 is 6.46. The molecule has 4 heteroatoms. The van der Waals surface area contributed by atoms with Crippen LogP contribution in [0.3, 0.4) is 0 Å². The molecule has 0 unspecified atom stereocenters. The molecular weight excluding hydrogens is 246 g/mol. The average molecular weight is 262 g/mol. The Morgan fingerprint density at radius 1 is 1.57 bits per heavy atom. The molecule has 0 radical (unpaired) electrons. The van der Waals surface area contributed by atoms with Gasteiger partial charge in [0.2, 0.25) is 0 Å². The lowest BCUT2D eigenvalue weighted by Crippen LogP contribution is -2.20. The first-order valence-corrected chi connectivity index (χ1v) is 6.13. The van der Waals surface area contributed by atoms with Gasteiger partial charge in [-0.05, 0) is 12.8 Å². The van der Waals surface area contributed by atoms with Crippen LogP contribution in [-0.4, -0.2) is 9.90 Å². The lowest BCUT2D eigenvalue weighted by Gasteiger charge is -2.14. The van der Waals surface area contributed by atoms with Gasteiger partial charge in [0.25, 0.3) is 0 Å². The first-order chi connectivity index (χ1) is 6.79. The van der Waals surface area contributed by atoms with Crippen molar-refractivity contribution in [3.63, 3.8) is 0 Å². The van der Waals surface area contributed by atoms with Crippen LogP contribution in [0.5, 0.6) is 0 Å². The summed E-state index contributed by atoms with van der Waals surface area (Å²) >= 11 is 3.41. The number of unbranched alkanes of at least 4 members (excludes halogenated alkanes) is 1. The van der Waals surface area contributed by atoms with Gasteiger partial charge in [-0.2, -0.15) is 0 Å². The fraction of sp³-hybridized carbons (Fsp3) is 0.700. The Kier molecular flexibility index (Phi) is 5.01. The zero-order chi connectivity index (χ0) is 10.4. The SMILES string of the molecule is CCCC[C@H](CCBr)n1ccoc1=O. The normalized spacial score (nSPS) is 13.0. The molecule has 0 fully saturated rings. The maximum atomic E-state index is 11.3. The van der Waals surface area contributed by atoms with E-state index in [1.54, 1.807) is 10.8 Å². The number of alkyl halides is 1. The summed E-state index contributed by atoms with van der Waals surface area (Å²) in [6, 6.07) is 0.278. The van der Waals surface area contributed by atoms with Gasteiger partial charge in [0, 0.05) is 17.6 Å². The van der Waals surface area contributed by atoms with Gasteiger partial charge in [-0.1, -0.05) is 35.7 Å². The van der Waals surface area contributed by atoms with Crippen LogP contribution in [0, 0.1) is 0 Å². The summed E-state index contributed by atoms with van der Waals surface area (Å²) in [6.45, 7) is 2.16. The van der Waals surface area contributed by atoms with Crippen LogP contribution in [0.25, 0.3) is 0 Å². The average Bonchev–Trinajstić information content (AvgIpc) is 2.59. The first kappa shape index (κ1) is 11.6. The van der Waals surface area contributed by atoms with E-state index in [2.05, 4.69) is 22.9 Å². The minimum Gasteiger partial charge on any atom is -0.416 e. The largest absolute Gasteiger partial charge is 0.419 e. The van der Waals surface area contributed by atoms with Crippen LogP contribution < -0.4 is 5.76 Å². The maximum Gasteiger partial charge on any atom is 0.419 e. The summed E-state index contributed by atoms with van der Waals surface area (Å²) in [5.74, 6) is -0.243. The lowest BCUT2D eigenvalue weighted by molar-refractivity contribution is 0.391. The molecule has 0 saturated carbocycles. The molecule has 1 aromatic heterocycles. The molecule has 80 valence electrons. The third-order valence-electron chi connectivity index (χ3n) is 2.33. The molecule has 1 atom stereocenters. The summed E-state index contributed by atoms with van der Waals surface area (Å²) in [5.41, 5.74) is 0. The summed E-state index contributed by atoms with van der Waals surface area (Å²) in [4.78, 5) is 11.3. The van der Waals surface area contributed by atoms with Crippen LogP contribution >= 0.6 is 15.9 Å². The van der Waals surface area contributed by atoms with Crippen LogP contribution in [0.1, 0.15) is 38.6 Å². The monoisotopic (exact) mass is 261 g/mol. The van der Waals surface area contributed by atoms with E-state index in [-0.39, 0.29) is 11.8 Å². The van der Waals surface area contributed by atoms with Crippen molar-refractivity contribution >= 4 is 15.9 Å². The molecule has 0 saturated heterocycles. The number of oxazole rings is 1. The molecule has 0 aliphatic rings. The highest BCUT2D eigenvalue weighted by molar-refractivity contribution is 9.09. The topological polar surface area (TPSA) is 35.1 Å². The highest BCUT2D eigenvalue weighted by Crippen LogP contribution is 2.18. The minimum absolute atomic E-state index is 0.243. The summed E-state index contributed by atoms with van der Waals surface area (Å²) in [5, 5.41) is 0.916. The number of aromatic nitrogens is 1. The molecule has 0 aliphatic carbocycles. The molecule has 1 aromatic rings. The molecule has 0 amide bonds. The van der Waals surface area contributed by atoms with Crippen molar-refractivity contribution < 1.29 is 4.42 Å². The molecule has 0 N–H and O–H groups in total. The predicted octanol–water partition coefficient (Wildman–Crippen LogP) is 2.96. The molecule has 1 heterocycles. The maximum absolute atomic E-state index is 11.3. The lowest BCUT2D eigenvalue weighted by atomic mass is 10.1. The Hall–Kier alpha value is -0.510. The van der Waals surface area contributed by atoms with E-state index >= 15 is 0 Å². The Labute approximate surface area is 92.2 Å². The summed E-state index contributed by atoms with van der Waals surface area (Å²) in [6.07, 6.45) is 7.50. The Morgan fingerprint density at radius 2 is 2.36 bits per heavy atom. The van der Waals surface area contributed by atoms with Crippen LogP contribution in [0.4, 0.5) is 0 Å². The fourth-order valence-corrected chi connectivity index (χ4v) is 2.06. The third-order valence-corrected chi connectivity index (χ3v) is 2.79. The van der Waals surface area contributed by atoms with E-state index in [0.717, 1.165) is 31.0 Å². The standard InChI is InChI=1S/C10H16BrNO2/c1-2-3-4-9(5-6-11)12-7-8-14-10(12)13/h7-9H,2-6H2,1H3/t9-/m1/s1. The molecular formula is C10H16BrNO2. The molecule has 1 rings (SSSR count). The minimum atomic E-state index is -0.243. The molecule has 0 bridgehead atoms. The van der Waals surface area contributed by atoms with E-state index in [4.69, 9.17) is 4.42 Å². The van der Waals surface area contributed by atoms with Crippen molar-refractivity contribution in [2.75, 3.05) is 5.33 Å². The Morgan fingerprint density at radius 3 is 2.86 bits per heavy atom. The van der Waals surface area contributed by atoms with Gasteiger partial charge in [-0.15, -0.1) is 0 Å². The number of halogens is 1. The highest BCUT2D eigenvalue weighted by atomic mass is 79.9. The molecule has 14 heavy (non-hydrogen) atoms. The van der Waals surface area contributed by atoms with E-state index in [1.165, 1.54) is 6.26 Å². The van der Waals surface area contributed by atoms with Gasteiger partial charge < -0.3 is 4.42 Å². The zero-order valence-electron chi connectivity index (χ0n) is 8.41. The van der Waals surface area contributed by atoms with Gasteiger partial charge in [-0.25, -0.2) is 4.79 Å². The van der Waals surface area contributed by atoms with Crippen molar-refractivity contribution in [2.24, 2.45) is 0 Å². The van der Waals surface area contributed by atoms with Crippen LogP contribution in [0.15, 0.2) is 21.7 Å². The van der Waals surface area contributed by atoms with Crippen molar-refractivity contribution in [1.29, 1.82) is 0 Å². The molecule has 0 aliphatic heterocycles. The van der Waals surface area contributed by atoms with E-state index in [9.17, 15) is 4.79 Å². The predicted molar refractivity (Wildman–Crippen MR) is 59.9 cm³/mol. The van der Waals surface area contributed by atoms with Crippen molar-refractivity contribution in [3.8, 4) is 0 Å². The van der Waals surface area contributed by atoms with Crippen molar-refractivity contribution in [1.82, 2.24) is 4.57 Å².